The van der Waals surface area contributed by atoms with E-state index in [4.69, 9.17) is 4.74 Å². The number of rotatable bonds is 4. The van der Waals surface area contributed by atoms with Crippen molar-refractivity contribution in [1.82, 2.24) is 0 Å². The van der Waals surface area contributed by atoms with Crippen LogP contribution in [0.4, 0.5) is 0 Å². The third kappa shape index (κ3) is 2.38. The van der Waals surface area contributed by atoms with Crippen molar-refractivity contribution >= 4 is 17.1 Å². The highest BCUT2D eigenvalue weighted by atomic mass is 32.1. The van der Waals surface area contributed by atoms with Gasteiger partial charge in [0.05, 0.1) is 12.2 Å². The zero-order chi connectivity index (χ0) is 13.9. The molecule has 1 aliphatic rings. The van der Waals surface area contributed by atoms with Gasteiger partial charge in [0.15, 0.2) is 5.78 Å². The Bertz CT molecular complexity index is 615. The quantitative estimate of drug-likeness (QED) is 0.776. The van der Waals surface area contributed by atoms with Gasteiger partial charge in [0, 0.05) is 10.8 Å². The molecule has 1 aliphatic carbocycles. The van der Waals surface area contributed by atoms with Gasteiger partial charge in [-0.05, 0) is 55.3 Å². The topological polar surface area (TPSA) is 26.3 Å². The monoisotopic (exact) mass is 286 g/mol. The Kier molecular flexibility index (Phi) is 3.88. The summed E-state index contributed by atoms with van der Waals surface area (Å²) in [7, 11) is 0. The minimum absolute atomic E-state index is 0.00612. The lowest BCUT2D eigenvalue weighted by molar-refractivity contribution is 0.0947. The van der Waals surface area contributed by atoms with Gasteiger partial charge in [-0.15, -0.1) is 11.3 Å². The van der Waals surface area contributed by atoms with E-state index in [-0.39, 0.29) is 11.7 Å². The number of ether oxygens (including phenoxy) is 1. The van der Waals surface area contributed by atoms with Crippen LogP contribution in [0.5, 0.6) is 5.75 Å². The molecule has 1 unspecified atom stereocenters. The molecule has 1 aromatic heterocycles. The van der Waals surface area contributed by atoms with Gasteiger partial charge in [0.2, 0.25) is 0 Å². The zero-order valence-electron chi connectivity index (χ0n) is 11.6. The Balaban J connectivity index is 1.95. The molecule has 0 aliphatic heterocycles. The molecule has 0 radical (unpaired) electrons. The van der Waals surface area contributed by atoms with Gasteiger partial charge in [-0.25, -0.2) is 0 Å². The molecule has 0 saturated heterocycles. The number of Topliss-reactive ketones (excluding diaryl/α,β-unsaturated/α-hetero) is 1. The molecule has 2 aromatic rings. The third-order valence-electron chi connectivity index (χ3n) is 3.82. The summed E-state index contributed by atoms with van der Waals surface area (Å²) in [5.74, 6) is 0.919. The number of benzene rings is 1. The van der Waals surface area contributed by atoms with Gasteiger partial charge in [0.25, 0.3) is 0 Å². The van der Waals surface area contributed by atoms with Crippen LogP contribution in [0.1, 0.15) is 46.5 Å². The first-order valence-electron chi connectivity index (χ1n) is 7.13. The number of carbonyl (C=O) groups is 1. The van der Waals surface area contributed by atoms with E-state index in [1.807, 2.05) is 31.2 Å². The summed E-state index contributed by atoms with van der Waals surface area (Å²) in [6.07, 6.45) is 3.16. The molecule has 1 atom stereocenters. The summed E-state index contributed by atoms with van der Waals surface area (Å²) >= 11 is 1.77. The Morgan fingerprint density at radius 3 is 3.05 bits per heavy atom. The van der Waals surface area contributed by atoms with Crippen LogP contribution in [0, 0.1) is 0 Å². The first kappa shape index (κ1) is 13.4. The highest BCUT2D eigenvalue weighted by Gasteiger charge is 2.29. The van der Waals surface area contributed by atoms with Gasteiger partial charge >= 0.3 is 0 Å². The standard InChI is InChI=1S/C17H18O2S/c1-2-19-15-8-4-3-6-14(15)17(18)13-7-5-9-16-12(13)10-11-20-16/h3-4,6,8,10-11,13H,2,5,7,9H2,1H3. The Labute approximate surface area is 123 Å². The van der Waals surface area contributed by atoms with Crippen molar-refractivity contribution in [2.45, 2.75) is 32.1 Å². The summed E-state index contributed by atoms with van der Waals surface area (Å²) in [5, 5.41) is 2.10. The van der Waals surface area contributed by atoms with E-state index in [0.717, 1.165) is 24.8 Å². The van der Waals surface area contributed by atoms with Crippen molar-refractivity contribution in [2.75, 3.05) is 6.61 Å². The molecule has 0 amide bonds. The van der Waals surface area contributed by atoms with Crippen molar-refractivity contribution in [1.29, 1.82) is 0 Å². The summed E-state index contributed by atoms with van der Waals surface area (Å²) in [6, 6.07) is 9.71. The average molecular weight is 286 g/mol. The van der Waals surface area contributed by atoms with E-state index >= 15 is 0 Å². The maximum absolute atomic E-state index is 12.9. The van der Waals surface area contributed by atoms with Crippen molar-refractivity contribution in [2.24, 2.45) is 0 Å². The van der Waals surface area contributed by atoms with E-state index in [1.165, 1.54) is 10.4 Å². The number of carbonyl (C=O) groups excluding carboxylic acids is 1. The number of hydrogen-bond donors (Lipinski definition) is 0. The predicted octanol–water partition coefficient (Wildman–Crippen LogP) is 4.45. The van der Waals surface area contributed by atoms with Crippen LogP contribution in [0.15, 0.2) is 35.7 Å². The van der Waals surface area contributed by atoms with Crippen LogP contribution >= 0.6 is 11.3 Å². The third-order valence-corrected chi connectivity index (χ3v) is 4.82. The Morgan fingerprint density at radius 1 is 1.35 bits per heavy atom. The molecule has 104 valence electrons. The molecule has 3 heteroatoms. The molecule has 1 aromatic carbocycles. The second-order valence-corrected chi connectivity index (χ2v) is 6.04. The maximum Gasteiger partial charge on any atom is 0.174 e. The molecular formula is C17H18O2S. The minimum Gasteiger partial charge on any atom is -0.493 e. The number of para-hydroxylation sites is 1. The minimum atomic E-state index is 0.00612. The maximum atomic E-state index is 12.9. The van der Waals surface area contributed by atoms with Crippen molar-refractivity contribution in [3.05, 3.63) is 51.7 Å². The first-order valence-corrected chi connectivity index (χ1v) is 8.01. The molecule has 0 N–H and O–H groups in total. The number of ketones is 1. The fourth-order valence-corrected chi connectivity index (χ4v) is 3.89. The highest BCUT2D eigenvalue weighted by Crippen LogP contribution is 2.38. The molecule has 3 rings (SSSR count). The summed E-state index contributed by atoms with van der Waals surface area (Å²) in [5.41, 5.74) is 1.95. The smallest absolute Gasteiger partial charge is 0.174 e. The number of hydrogen-bond acceptors (Lipinski definition) is 3. The molecule has 20 heavy (non-hydrogen) atoms. The molecule has 0 saturated carbocycles. The second-order valence-electron chi connectivity index (χ2n) is 5.04. The van der Waals surface area contributed by atoms with E-state index in [1.54, 1.807) is 11.3 Å². The predicted molar refractivity (Wildman–Crippen MR) is 81.9 cm³/mol. The summed E-state index contributed by atoms with van der Waals surface area (Å²) in [4.78, 5) is 14.3. The molecule has 0 spiro atoms. The van der Waals surface area contributed by atoms with E-state index < -0.39 is 0 Å². The van der Waals surface area contributed by atoms with Crippen LogP contribution < -0.4 is 4.74 Å². The summed E-state index contributed by atoms with van der Waals surface area (Å²) < 4.78 is 5.60. The van der Waals surface area contributed by atoms with Gasteiger partial charge in [0.1, 0.15) is 5.75 Å². The van der Waals surface area contributed by atoms with E-state index in [0.29, 0.717) is 12.4 Å². The molecule has 0 bridgehead atoms. The van der Waals surface area contributed by atoms with Crippen LogP contribution in [0.2, 0.25) is 0 Å². The van der Waals surface area contributed by atoms with Crippen LogP contribution in [0.3, 0.4) is 0 Å². The normalized spacial score (nSPS) is 17.6. The highest BCUT2D eigenvalue weighted by molar-refractivity contribution is 7.10. The SMILES string of the molecule is CCOc1ccccc1C(=O)C1CCCc2sccc21. The van der Waals surface area contributed by atoms with Gasteiger partial charge in [-0.2, -0.15) is 0 Å². The lowest BCUT2D eigenvalue weighted by Crippen LogP contribution is -2.18. The van der Waals surface area contributed by atoms with Gasteiger partial charge in [-0.1, -0.05) is 12.1 Å². The lowest BCUT2D eigenvalue weighted by Gasteiger charge is -2.22. The second kappa shape index (κ2) is 5.80. The largest absolute Gasteiger partial charge is 0.493 e. The first-order chi connectivity index (χ1) is 9.81. The van der Waals surface area contributed by atoms with Gasteiger partial charge < -0.3 is 4.74 Å². The van der Waals surface area contributed by atoms with E-state index in [2.05, 4.69) is 11.4 Å². The van der Waals surface area contributed by atoms with Crippen LogP contribution in [0.25, 0.3) is 0 Å². The zero-order valence-corrected chi connectivity index (χ0v) is 12.4. The van der Waals surface area contributed by atoms with Crippen LogP contribution in [-0.2, 0) is 6.42 Å². The lowest BCUT2D eigenvalue weighted by atomic mass is 9.82. The van der Waals surface area contributed by atoms with E-state index in [9.17, 15) is 4.79 Å². The summed E-state index contributed by atoms with van der Waals surface area (Å²) in [6.45, 7) is 2.53. The van der Waals surface area contributed by atoms with Crippen molar-refractivity contribution in [3.8, 4) is 5.75 Å². The molecular weight excluding hydrogens is 268 g/mol. The van der Waals surface area contributed by atoms with Crippen molar-refractivity contribution < 1.29 is 9.53 Å². The molecule has 2 nitrogen and oxygen atoms in total. The fourth-order valence-electron chi connectivity index (χ4n) is 2.90. The van der Waals surface area contributed by atoms with Crippen molar-refractivity contribution in [3.63, 3.8) is 0 Å². The molecule has 1 heterocycles. The average Bonchev–Trinajstić information content (AvgIpc) is 2.96. The van der Waals surface area contributed by atoms with Crippen LogP contribution in [-0.4, -0.2) is 12.4 Å². The fraction of sp³-hybridized carbons (Fsp3) is 0.353. The Morgan fingerprint density at radius 2 is 2.20 bits per heavy atom. The Hall–Kier alpha value is -1.61. The number of thiophene rings is 1. The van der Waals surface area contributed by atoms with Gasteiger partial charge in [-0.3, -0.25) is 4.79 Å². The molecule has 0 fully saturated rings. The number of aryl methyl sites for hydroxylation is 1. The number of fused-ring (bicyclic) bond motifs is 1.